The van der Waals surface area contributed by atoms with Crippen molar-refractivity contribution in [2.45, 2.75) is 38.0 Å². The number of rotatable bonds is 1. The SMILES string of the molecule is [Li].c1ccc(C2CCCCC2)cc1. The Morgan fingerprint density at radius 3 is 2.08 bits per heavy atom. The van der Waals surface area contributed by atoms with Crippen molar-refractivity contribution < 1.29 is 0 Å². The van der Waals surface area contributed by atoms with Gasteiger partial charge in [0.05, 0.1) is 0 Å². The molecule has 2 rings (SSSR count). The maximum absolute atomic E-state index is 2.27. The summed E-state index contributed by atoms with van der Waals surface area (Å²) in [5.74, 6) is 0.861. The summed E-state index contributed by atoms with van der Waals surface area (Å²) in [6, 6.07) is 11.0. The Kier molecular flexibility index (Phi) is 4.63. The molecule has 0 saturated heterocycles. The summed E-state index contributed by atoms with van der Waals surface area (Å²) in [6.45, 7) is 0. The summed E-state index contributed by atoms with van der Waals surface area (Å²) in [5.41, 5.74) is 1.55. The van der Waals surface area contributed by atoms with Crippen LogP contribution in [-0.2, 0) is 0 Å². The van der Waals surface area contributed by atoms with Crippen molar-refractivity contribution in [1.82, 2.24) is 0 Å². The van der Waals surface area contributed by atoms with Gasteiger partial charge in [0, 0.05) is 18.9 Å². The smallest absolute Gasteiger partial charge is 0 e. The third kappa shape index (κ3) is 2.90. The van der Waals surface area contributed by atoms with Crippen LogP contribution >= 0.6 is 0 Å². The van der Waals surface area contributed by atoms with Gasteiger partial charge in [-0.2, -0.15) is 0 Å². The number of benzene rings is 1. The van der Waals surface area contributed by atoms with E-state index in [0.717, 1.165) is 5.92 Å². The summed E-state index contributed by atoms with van der Waals surface area (Å²) in [5, 5.41) is 0. The van der Waals surface area contributed by atoms with Gasteiger partial charge in [-0.25, -0.2) is 0 Å². The number of hydrogen-bond acceptors (Lipinski definition) is 0. The summed E-state index contributed by atoms with van der Waals surface area (Å²) >= 11 is 0. The van der Waals surface area contributed by atoms with Gasteiger partial charge >= 0.3 is 0 Å². The van der Waals surface area contributed by atoms with Crippen molar-refractivity contribution in [3.05, 3.63) is 35.9 Å². The van der Waals surface area contributed by atoms with Crippen molar-refractivity contribution in [3.8, 4) is 0 Å². The van der Waals surface area contributed by atoms with Gasteiger partial charge in [-0.15, -0.1) is 0 Å². The first-order valence-corrected chi connectivity index (χ1v) is 5.02. The zero-order valence-corrected chi connectivity index (χ0v) is 8.50. The molecule has 1 fully saturated rings. The first kappa shape index (κ1) is 10.9. The fourth-order valence-electron chi connectivity index (χ4n) is 2.16. The summed E-state index contributed by atoms with van der Waals surface area (Å²) in [4.78, 5) is 0. The molecule has 1 aliphatic rings. The minimum absolute atomic E-state index is 0. The van der Waals surface area contributed by atoms with Crippen molar-refractivity contribution in [1.29, 1.82) is 0 Å². The second kappa shape index (κ2) is 5.53. The van der Waals surface area contributed by atoms with Crippen LogP contribution in [0.5, 0.6) is 0 Å². The second-order valence-corrected chi connectivity index (χ2v) is 3.75. The molecule has 0 unspecified atom stereocenters. The molecule has 1 aliphatic carbocycles. The first-order chi connectivity index (χ1) is 5.97. The minimum Gasteiger partial charge on any atom is -0.0622 e. The van der Waals surface area contributed by atoms with E-state index in [4.69, 9.17) is 0 Å². The fraction of sp³-hybridized carbons (Fsp3) is 0.500. The molecule has 1 radical (unpaired) electrons. The van der Waals surface area contributed by atoms with Gasteiger partial charge in [-0.1, -0.05) is 49.6 Å². The van der Waals surface area contributed by atoms with Gasteiger partial charge in [-0.3, -0.25) is 0 Å². The van der Waals surface area contributed by atoms with Crippen LogP contribution in [0, 0.1) is 0 Å². The summed E-state index contributed by atoms with van der Waals surface area (Å²) in [7, 11) is 0. The predicted octanol–water partition coefficient (Wildman–Crippen LogP) is 3.35. The van der Waals surface area contributed by atoms with Gasteiger partial charge < -0.3 is 0 Å². The van der Waals surface area contributed by atoms with Gasteiger partial charge in [0.25, 0.3) is 0 Å². The van der Waals surface area contributed by atoms with Gasteiger partial charge in [0.1, 0.15) is 0 Å². The molecule has 0 nitrogen and oxygen atoms in total. The van der Waals surface area contributed by atoms with Crippen molar-refractivity contribution >= 4 is 18.9 Å². The summed E-state index contributed by atoms with van der Waals surface area (Å²) in [6.07, 6.45) is 7.12. The molecule has 0 N–H and O–H groups in total. The average molecular weight is 167 g/mol. The molecule has 1 saturated carbocycles. The van der Waals surface area contributed by atoms with E-state index in [1.165, 1.54) is 32.1 Å². The molecule has 0 spiro atoms. The molecule has 1 heteroatoms. The largest absolute Gasteiger partial charge is 0.0622 e. The molecule has 0 aliphatic heterocycles. The molecular formula is C12H16Li. The van der Waals surface area contributed by atoms with Crippen molar-refractivity contribution in [2.75, 3.05) is 0 Å². The van der Waals surface area contributed by atoms with Gasteiger partial charge in [0.15, 0.2) is 0 Å². The predicted molar refractivity (Wildman–Crippen MR) is 58.0 cm³/mol. The topological polar surface area (TPSA) is 0 Å². The summed E-state index contributed by atoms with van der Waals surface area (Å²) < 4.78 is 0. The van der Waals surface area contributed by atoms with Crippen LogP contribution < -0.4 is 0 Å². The zero-order valence-electron chi connectivity index (χ0n) is 8.50. The van der Waals surface area contributed by atoms with E-state index in [1.807, 2.05) is 0 Å². The van der Waals surface area contributed by atoms with Crippen LogP contribution in [0.1, 0.15) is 43.6 Å². The fourth-order valence-corrected chi connectivity index (χ4v) is 2.16. The Bertz CT molecular complexity index is 224. The average Bonchev–Trinajstić information content (AvgIpc) is 2.21. The van der Waals surface area contributed by atoms with E-state index >= 15 is 0 Å². The Labute approximate surface area is 92.9 Å². The monoisotopic (exact) mass is 167 g/mol. The normalized spacial score (nSPS) is 17.8. The van der Waals surface area contributed by atoms with Crippen LogP contribution in [0.4, 0.5) is 0 Å². The Morgan fingerprint density at radius 1 is 0.846 bits per heavy atom. The third-order valence-corrected chi connectivity index (χ3v) is 2.88. The zero-order chi connectivity index (χ0) is 8.23. The Hall–Kier alpha value is -0.183. The van der Waals surface area contributed by atoms with E-state index in [-0.39, 0.29) is 18.9 Å². The van der Waals surface area contributed by atoms with E-state index in [1.54, 1.807) is 5.56 Å². The molecule has 0 bridgehead atoms. The van der Waals surface area contributed by atoms with Crippen LogP contribution in [0.25, 0.3) is 0 Å². The maximum atomic E-state index is 2.27. The molecule has 0 heterocycles. The molecule has 0 aromatic heterocycles. The third-order valence-electron chi connectivity index (χ3n) is 2.88. The van der Waals surface area contributed by atoms with Gasteiger partial charge in [-0.05, 0) is 24.3 Å². The van der Waals surface area contributed by atoms with E-state index < -0.39 is 0 Å². The minimum atomic E-state index is 0. The Balaban J connectivity index is 0.000000845. The molecule has 0 atom stereocenters. The molecule has 1 aromatic rings. The van der Waals surface area contributed by atoms with Crippen LogP contribution in [0.3, 0.4) is 0 Å². The quantitative estimate of drug-likeness (QED) is 0.562. The van der Waals surface area contributed by atoms with Gasteiger partial charge in [0.2, 0.25) is 0 Å². The molecular weight excluding hydrogens is 151 g/mol. The van der Waals surface area contributed by atoms with E-state index in [9.17, 15) is 0 Å². The standard InChI is InChI=1S/C12H16.Li/c1-3-7-11(8-4-1)12-9-5-2-6-10-12;/h1,3-4,7-8,12H,2,5-6,9-10H2;. The van der Waals surface area contributed by atoms with Crippen LogP contribution in [0.2, 0.25) is 0 Å². The van der Waals surface area contributed by atoms with Crippen molar-refractivity contribution in [3.63, 3.8) is 0 Å². The molecule has 1 aromatic carbocycles. The van der Waals surface area contributed by atoms with Crippen LogP contribution in [-0.4, -0.2) is 18.9 Å². The van der Waals surface area contributed by atoms with Crippen LogP contribution in [0.15, 0.2) is 30.3 Å². The molecule has 65 valence electrons. The maximum Gasteiger partial charge on any atom is 0 e. The molecule has 13 heavy (non-hydrogen) atoms. The number of hydrogen-bond donors (Lipinski definition) is 0. The van der Waals surface area contributed by atoms with E-state index in [0.29, 0.717) is 0 Å². The first-order valence-electron chi connectivity index (χ1n) is 5.02. The Morgan fingerprint density at radius 2 is 1.46 bits per heavy atom. The second-order valence-electron chi connectivity index (χ2n) is 3.75. The molecule has 0 amide bonds. The van der Waals surface area contributed by atoms with E-state index in [2.05, 4.69) is 30.3 Å². The van der Waals surface area contributed by atoms with Crippen molar-refractivity contribution in [2.24, 2.45) is 0 Å².